The summed E-state index contributed by atoms with van der Waals surface area (Å²) in [5.74, 6) is 0. The Kier molecular flexibility index (Phi) is 7.46. The van der Waals surface area contributed by atoms with E-state index in [4.69, 9.17) is 15.9 Å². The Balaban J connectivity index is 0.00000361. The molecule has 0 bridgehead atoms. The first-order chi connectivity index (χ1) is 8.86. The molecular weight excluding hydrogens is 294 g/mol. The van der Waals surface area contributed by atoms with Crippen molar-refractivity contribution in [3.63, 3.8) is 0 Å². The van der Waals surface area contributed by atoms with E-state index < -0.39 is 36.2 Å². The minimum absolute atomic E-state index is 0. The van der Waals surface area contributed by atoms with Crippen LogP contribution in [0.5, 0.6) is 0 Å². The Morgan fingerprint density at radius 3 is 2.25 bits per heavy atom. The first kappa shape index (κ1) is 18.6. The number of aliphatic hydroxyl groups is 4. The first-order valence-corrected chi connectivity index (χ1v) is 5.62. The molecule has 0 amide bonds. The summed E-state index contributed by atoms with van der Waals surface area (Å²) in [5.41, 5.74) is 3.96. The topological polar surface area (TPSA) is 173 Å². The van der Waals surface area contributed by atoms with Gasteiger partial charge in [0.15, 0.2) is 0 Å². The van der Waals surface area contributed by atoms with Gasteiger partial charge in [-0.2, -0.15) is 0 Å². The number of anilines is 1. The predicted molar refractivity (Wildman–Crippen MR) is 72.8 cm³/mol. The average molecular weight is 312 g/mol. The van der Waals surface area contributed by atoms with Gasteiger partial charge < -0.3 is 31.1 Å². The third-order valence-electron chi connectivity index (χ3n) is 2.73. The largest absolute Gasteiger partial charge is 0.394 e. The number of aromatic amines is 2. The number of H-pyrrole nitrogens is 2. The number of rotatable bonds is 6. The first-order valence-electron chi connectivity index (χ1n) is 5.62. The van der Waals surface area contributed by atoms with Crippen molar-refractivity contribution in [2.45, 2.75) is 31.2 Å². The molecule has 3 atom stereocenters. The van der Waals surface area contributed by atoms with Crippen LogP contribution in [0.3, 0.4) is 0 Å². The van der Waals surface area contributed by atoms with E-state index in [1.807, 2.05) is 4.98 Å². The highest BCUT2D eigenvalue weighted by atomic mass is 35.5. The molecule has 20 heavy (non-hydrogen) atoms. The minimum atomic E-state index is -1.53. The maximum atomic E-state index is 11.2. The van der Waals surface area contributed by atoms with E-state index in [-0.39, 0.29) is 36.6 Å². The third kappa shape index (κ3) is 4.62. The molecule has 8 N–H and O–H groups in total. The molecule has 0 fully saturated rings. The molecule has 10 heteroatoms. The summed E-state index contributed by atoms with van der Waals surface area (Å²) in [6.07, 6.45) is -4.35. The van der Waals surface area contributed by atoms with Crippen LogP contribution in [-0.2, 0) is 6.42 Å². The van der Waals surface area contributed by atoms with Gasteiger partial charge in [-0.25, -0.2) is 4.79 Å². The van der Waals surface area contributed by atoms with Crippen molar-refractivity contribution in [1.29, 1.82) is 0 Å². The minimum Gasteiger partial charge on any atom is -0.394 e. The fourth-order valence-corrected chi connectivity index (χ4v) is 1.57. The molecule has 0 aliphatic carbocycles. The Hall–Kier alpha value is -1.39. The van der Waals surface area contributed by atoms with E-state index >= 15 is 0 Å². The lowest BCUT2D eigenvalue weighted by Crippen LogP contribution is -2.39. The average Bonchev–Trinajstić information content (AvgIpc) is 2.38. The summed E-state index contributed by atoms with van der Waals surface area (Å²) in [7, 11) is 0. The maximum Gasteiger partial charge on any atom is 0.326 e. The Morgan fingerprint density at radius 2 is 1.70 bits per heavy atom. The molecule has 0 aliphatic rings. The lowest BCUT2D eigenvalue weighted by atomic mass is 10.0. The number of hydrogen-bond donors (Lipinski definition) is 7. The van der Waals surface area contributed by atoms with Crippen molar-refractivity contribution in [2.75, 3.05) is 12.3 Å². The smallest absolute Gasteiger partial charge is 0.326 e. The van der Waals surface area contributed by atoms with Crippen molar-refractivity contribution < 1.29 is 20.4 Å². The number of nitrogens with one attached hydrogen (secondary N) is 2. The van der Waals surface area contributed by atoms with Crippen molar-refractivity contribution in [3.8, 4) is 0 Å². The van der Waals surface area contributed by atoms with Crippen LogP contribution in [0, 0.1) is 0 Å². The highest BCUT2D eigenvalue weighted by Gasteiger charge is 2.24. The van der Waals surface area contributed by atoms with E-state index in [0.29, 0.717) is 0 Å². The van der Waals surface area contributed by atoms with Crippen molar-refractivity contribution >= 4 is 18.1 Å². The molecule has 0 aliphatic heterocycles. The lowest BCUT2D eigenvalue weighted by Gasteiger charge is -2.21. The van der Waals surface area contributed by atoms with E-state index in [9.17, 15) is 19.8 Å². The number of aliphatic hydroxyl groups excluding tert-OH is 4. The second-order valence-corrected chi connectivity index (χ2v) is 4.15. The molecule has 0 aromatic carbocycles. The van der Waals surface area contributed by atoms with E-state index in [2.05, 4.69) is 4.98 Å². The molecule has 0 saturated heterocycles. The third-order valence-corrected chi connectivity index (χ3v) is 2.73. The monoisotopic (exact) mass is 311 g/mol. The van der Waals surface area contributed by atoms with Gasteiger partial charge in [-0.3, -0.25) is 9.78 Å². The normalized spacial score (nSPS) is 15.2. The highest BCUT2D eigenvalue weighted by Crippen LogP contribution is 2.09. The quantitative estimate of drug-likeness (QED) is 0.294. The van der Waals surface area contributed by atoms with Gasteiger partial charge >= 0.3 is 5.69 Å². The number of nitrogens with two attached hydrogens (primary N) is 1. The van der Waals surface area contributed by atoms with Crippen LogP contribution in [0.15, 0.2) is 9.59 Å². The number of aryl methyl sites for hydroxylation is 1. The van der Waals surface area contributed by atoms with Crippen LogP contribution in [0.25, 0.3) is 0 Å². The standard InChI is InChI=1S/C10H17N3O6.ClH/c11-7-4(12-10(19)13-9(7)18)1-2-5(15)8(17)6(16)3-14;/h5-6,8,14-17H,1-3,11H2,(H2,12,13,18,19);1H/t5-,6+,8-;/m0./s1. The number of nitrogen functional groups attached to an aromatic ring is 1. The van der Waals surface area contributed by atoms with Crippen LogP contribution in [0.1, 0.15) is 12.1 Å². The second-order valence-electron chi connectivity index (χ2n) is 4.15. The highest BCUT2D eigenvalue weighted by molar-refractivity contribution is 5.85. The Morgan fingerprint density at radius 1 is 1.10 bits per heavy atom. The van der Waals surface area contributed by atoms with E-state index in [1.54, 1.807) is 0 Å². The van der Waals surface area contributed by atoms with Gasteiger partial charge in [0, 0.05) is 5.69 Å². The molecule has 0 saturated carbocycles. The predicted octanol–water partition coefficient (Wildman–Crippen LogP) is -2.93. The number of aromatic nitrogens is 2. The van der Waals surface area contributed by atoms with Crippen molar-refractivity contribution in [1.82, 2.24) is 9.97 Å². The van der Waals surface area contributed by atoms with Gasteiger partial charge in [0.25, 0.3) is 5.56 Å². The second kappa shape index (κ2) is 8.02. The summed E-state index contributed by atoms with van der Waals surface area (Å²) in [4.78, 5) is 26.5. The van der Waals surface area contributed by atoms with Crippen molar-refractivity contribution in [2.24, 2.45) is 0 Å². The SMILES string of the molecule is Cl.Nc1c(CC[C@H](O)[C@H](O)[C@H](O)CO)[nH]c(=O)[nH]c1=O. The Labute approximate surface area is 119 Å². The molecule has 9 nitrogen and oxygen atoms in total. The van der Waals surface area contributed by atoms with Gasteiger partial charge in [-0.05, 0) is 12.8 Å². The van der Waals surface area contributed by atoms with Crippen LogP contribution in [0.2, 0.25) is 0 Å². The summed E-state index contributed by atoms with van der Waals surface area (Å²) in [6.45, 7) is -0.692. The molecule has 0 spiro atoms. The molecular formula is C10H18ClN3O6. The molecule has 0 radical (unpaired) electrons. The molecule has 1 aromatic rings. The Bertz CT molecular complexity index is 530. The van der Waals surface area contributed by atoms with Crippen molar-refractivity contribution in [3.05, 3.63) is 26.5 Å². The molecule has 116 valence electrons. The maximum absolute atomic E-state index is 11.2. The lowest BCUT2D eigenvalue weighted by molar-refractivity contribution is -0.0780. The summed E-state index contributed by atoms with van der Waals surface area (Å²) in [5, 5.41) is 36.7. The van der Waals surface area contributed by atoms with E-state index in [0.717, 1.165) is 0 Å². The van der Waals surface area contributed by atoms with Gasteiger partial charge in [0.05, 0.1) is 12.7 Å². The molecule has 1 aromatic heterocycles. The van der Waals surface area contributed by atoms with Gasteiger partial charge in [0.2, 0.25) is 0 Å². The van der Waals surface area contributed by atoms with E-state index in [1.165, 1.54) is 0 Å². The van der Waals surface area contributed by atoms with Gasteiger partial charge in [0.1, 0.15) is 17.9 Å². The van der Waals surface area contributed by atoms with Crippen LogP contribution in [-0.4, -0.2) is 55.3 Å². The van der Waals surface area contributed by atoms with Gasteiger partial charge in [-0.15, -0.1) is 12.4 Å². The molecule has 0 unspecified atom stereocenters. The zero-order valence-electron chi connectivity index (χ0n) is 10.4. The van der Waals surface area contributed by atoms with Crippen LogP contribution in [0.4, 0.5) is 5.69 Å². The fraction of sp³-hybridized carbons (Fsp3) is 0.600. The number of halogens is 1. The summed E-state index contributed by atoms with van der Waals surface area (Å²) in [6, 6.07) is 0. The zero-order chi connectivity index (χ0) is 14.6. The zero-order valence-corrected chi connectivity index (χ0v) is 11.3. The van der Waals surface area contributed by atoms with Crippen LogP contribution < -0.4 is 17.0 Å². The fourth-order valence-electron chi connectivity index (χ4n) is 1.57. The summed E-state index contributed by atoms with van der Waals surface area (Å²) < 4.78 is 0. The van der Waals surface area contributed by atoms with Gasteiger partial charge in [-0.1, -0.05) is 0 Å². The summed E-state index contributed by atoms with van der Waals surface area (Å²) >= 11 is 0. The number of hydrogen-bond acceptors (Lipinski definition) is 7. The van der Waals surface area contributed by atoms with Crippen LogP contribution >= 0.6 is 12.4 Å². The molecule has 1 heterocycles. The molecule has 1 rings (SSSR count).